The van der Waals surface area contributed by atoms with Crippen LogP contribution in [0.15, 0.2) is 4.52 Å². The van der Waals surface area contributed by atoms with Gasteiger partial charge in [0.15, 0.2) is 0 Å². The Kier molecular flexibility index (Phi) is 5.30. The lowest BCUT2D eigenvalue weighted by Crippen LogP contribution is -2.29. The van der Waals surface area contributed by atoms with Crippen LogP contribution in [0.5, 0.6) is 0 Å². The zero-order chi connectivity index (χ0) is 13.6. The van der Waals surface area contributed by atoms with Crippen LogP contribution in [0, 0.1) is 0 Å². The van der Waals surface area contributed by atoms with Crippen LogP contribution in [0.2, 0.25) is 0 Å². The van der Waals surface area contributed by atoms with Gasteiger partial charge in [-0.3, -0.25) is 0 Å². The van der Waals surface area contributed by atoms with Crippen molar-refractivity contribution in [3.8, 4) is 0 Å². The molecule has 0 spiro atoms. The first-order chi connectivity index (χ1) is 9.30. The van der Waals surface area contributed by atoms with Gasteiger partial charge in [0.2, 0.25) is 5.82 Å². The van der Waals surface area contributed by atoms with Gasteiger partial charge in [0.25, 0.3) is 5.89 Å². The van der Waals surface area contributed by atoms with Crippen LogP contribution in [0.25, 0.3) is 0 Å². The number of aromatic nitrogens is 2. The predicted octanol–water partition coefficient (Wildman–Crippen LogP) is 1.74. The summed E-state index contributed by atoms with van der Waals surface area (Å²) >= 11 is 0. The summed E-state index contributed by atoms with van der Waals surface area (Å²) in [5.74, 6) is 1.15. The van der Waals surface area contributed by atoms with E-state index in [2.05, 4.69) is 10.1 Å². The minimum absolute atomic E-state index is 0.310. The van der Waals surface area contributed by atoms with Crippen molar-refractivity contribution in [1.82, 2.24) is 10.1 Å². The quantitative estimate of drug-likeness (QED) is 0.625. The lowest BCUT2D eigenvalue weighted by atomic mass is 9.93. The fourth-order valence-electron chi connectivity index (χ4n) is 2.56. The lowest BCUT2D eigenvalue weighted by molar-refractivity contribution is -0.0365. The zero-order valence-corrected chi connectivity index (χ0v) is 11.6. The Bertz CT molecular complexity index is 373. The van der Waals surface area contributed by atoms with Gasteiger partial charge >= 0.3 is 0 Å². The molecule has 1 aliphatic carbocycles. The molecule has 0 saturated heterocycles. The topological polar surface area (TPSA) is 83.4 Å². The highest BCUT2D eigenvalue weighted by Gasteiger charge is 2.37. The van der Waals surface area contributed by atoms with Crippen molar-refractivity contribution < 1.29 is 14.0 Å². The first kappa shape index (κ1) is 14.4. The third kappa shape index (κ3) is 3.52. The first-order valence-electron chi connectivity index (χ1n) is 6.97. The minimum Gasteiger partial charge on any atom is -0.370 e. The van der Waals surface area contributed by atoms with E-state index < -0.39 is 0 Å². The molecule has 0 amide bonds. The molecule has 6 heteroatoms. The summed E-state index contributed by atoms with van der Waals surface area (Å²) in [6, 6.07) is 0. The van der Waals surface area contributed by atoms with E-state index in [4.69, 9.17) is 19.7 Å². The monoisotopic (exact) mass is 269 g/mol. The van der Waals surface area contributed by atoms with E-state index in [1.807, 2.05) is 0 Å². The first-order valence-corrected chi connectivity index (χ1v) is 6.97. The third-order valence-corrected chi connectivity index (χ3v) is 3.67. The van der Waals surface area contributed by atoms with Crippen molar-refractivity contribution in [3.63, 3.8) is 0 Å². The highest BCUT2D eigenvalue weighted by Crippen LogP contribution is 2.37. The standard InChI is InChI=1S/C13H23N3O3/c1-17-13(6-4-2-3-5-7-13)12-15-11(19-16-12)10-18-9-8-14/h2-10,14H2,1H3. The molecule has 0 aliphatic heterocycles. The fraction of sp³-hybridized carbons (Fsp3) is 0.846. The second kappa shape index (κ2) is 6.98. The molecular formula is C13H23N3O3. The van der Waals surface area contributed by atoms with Crippen molar-refractivity contribution in [2.75, 3.05) is 20.3 Å². The number of nitrogens with two attached hydrogens (primary N) is 1. The van der Waals surface area contributed by atoms with Crippen LogP contribution >= 0.6 is 0 Å². The van der Waals surface area contributed by atoms with Gasteiger partial charge in [0, 0.05) is 13.7 Å². The van der Waals surface area contributed by atoms with Gasteiger partial charge in [-0.25, -0.2) is 0 Å². The maximum atomic E-state index is 5.74. The van der Waals surface area contributed by atoms with Crippen LogP contribution in [0.4, 0.5) is 0 Å². The molecular weight excluding hydrogens is 246 g/mol. The summed E-state index contributed by atoms with van der Waals surface area (Å²) in [6.07, 6.45) is 6.67. The Labute approximate surface area is 113 Å². The van der Waals surface area contributed by atoms with Gasteiger partial charge in [-0.1, -0.05) is 30.8 Å². The zero-order valence-electron chi connectivity index (χ0n) is 11.6. The molecule has 2 N–H and O–H groups in total. The molecule has 0 unspecified atom stereocenters. The van der Waals surface area contributed by atoms with Crippen LogP contribution in [0.1, 0.15) is 50.2 Å². The summed E-state index contributed by atoms with van der Waals surface area (Å²) in [4.78, 5) is 4.42. The molecule has 1 fully saturated rings. The number of hydrogen-bond acceptors (Lipinski definition) is 6. The Morgan fingerprint density at radius 3 is 2.63 bits per heavy atom. The molecule has 6 nitrogen and oxygen atoms in total. The van der Waals surface area contributed by atoms with Gasteiger partial charge in [0.1, 0.15) is 12.2 Å². The Hall–Kier alpha value is -0.980. The summed E-state index contributed by atoms with van der Waals surface area (Å²) in [5.41, 5.74) is 4.98. The van der Waals surface area contributed by atoms with Crippen molar-refractivity contribution >= 4 is 0 Å². The second-order valence-corrected chi connectivity index (χ2v) is 4.97. The van der Waals surface area contributed by atoms with Gasteiger partial charge in [-0.2, -0.15) is 4.98 Å². The normalized spacial score (nSPS) is 19.3. The highest BCUT2D eigenvalue weighted by molar-refractivity contribution is 5.02. The fourth-order valence-corrected chi connectivity index (χ4v) is 2.56. The van der Waals surface area contributed by atoms with E-state index in [1.165, 1.54) is 12.8 Å². The molecule has 108 valence electrons. The molecule has 1 heterocycles. The Balaban J connectivity index is 2.05. The van der Waals surface area contributed by atoms with Crippen molar-refractivity contribution in [2.45, 2.75) is 50.7 Å². The van der Waals surface area contributed by atoms with E-state index in [0.29, 0.717) is 31.5 Å². The average Bonchev–Trinajstić information content (AvgIpc) is 2.77. The molecule has 1 saturated carbocycles. The summed E-state index contributed by atoms with van der Waals surface area (Å²) < 4.78 is 16.3. The Morgan fingerprint density at radius 2 is 2.00 bits per heavy atom. The number of ether oxygens (including phenoxy) is 2. The van der Waals surface area contributed by atoms with E-state index >= 15 is 0 Å². The van der Waals surface area contributed by atoms with Gasteiger partial charge in [-0.05, 0) is 12.8 Å². The van der Waals surface area contributed by atoms with Crippen LogP contribution in [0.3, 0.4) is 0 Å². The van der Waals surface area contributed by atoms with Gasteiger partial charge in [-0.15, -0.1) is 0 Å². The molecule has 1 aromatic rings. The van der Waals surface area contributed by atoms with E-state index in [1.54, 1.807) is 7.11 Å². The van der Waals surface area contributed by atoms with Crippen molar-refractivity contribution in [3.05, 3.63) is 11.7 Å². The molecule has 1 aromatic heterocycles. The molecule has 2 rings (SSSR count). The lowest BCUT2D eigenvalue weighted by Gasteiger charge is -2.27. The third-order valence-electron chi connectivity index (χ3n) is 3.67. The number of methoxy groups -OCH3 is 1. The van der Waals surface area contributed by atoms with Crippen LogP contribution in [-0.4, -0.2) is 30.4 Å². The average molecular weight is 269 g/mol. The van der Waals surface area contributed by atoms with Gasteiger partial charge in [0.05, 0.1) is 6.61 Å². The van der Waals surface area contributed by atoms with Crippen LogP contribution in [-0.2, 0) is 21.7 Å². The summed E-state index contributed by atoms with van der Waals surface area (Å²) in [5, 5.41) is 4.08. The number of nitrogens with zero attached hydrogens (tertiary/aromatic N) is 2. The van der Waals surface area contributed by atoms with E-state index in [-0.39, 0.29) is 5.60 Å². The van der Waals surface area contributed by atoms with Crippen LogP contribution < -0.4 is 5.73 Å². The minimum atomic E-state index is -0.383. The number of rotatable bonds is 6. The molecule has 1 aliphatic rings. The largest absolute Gasteiger partial charge is 0.370 e. The van der Waals surface area contributed by atoms with Crippen molar-refractivity contribution in [1.29, 1.82) is 0 Å². The summed E-state index contributed by atoms with van der Waals surface area (Å²) in [7, 11) is 1.73. The smallest absolute Gasteiger partial charge is 0.252 e. The molecule has 0 radical (unpaired) electrons. The predicted molar refractivity (Wildman–Crippen MR) is 69.4 cm³/mol. The van der Waals surface area contributed by atoms with Crippen molar-refractivity contribution in [2.24, 2.45) is 5.73 Å². The number of hydrogen-bond donors (Lipinski definition) is 1. The molecule has 0 aromatic carbocycles. The second-order valence-electron chi connectivity index (χ2n) is 4.97. The summed E-state index contributed by atoms with van der Waals surface area (Å²) in [6.45, 7) is 1.29. The molecule has 0 bridgehead atoms. The highest BCUT2D eigenvalue weighted by atomic mass is 16.5. The maximum absolute atomic E-state index is 5.74. The van der Waals surface area contributed by atoms with E-state index in [9.17, 15) is 0 Å². The molecule has 0 atom stereocenters. The maximum Gasteiger partial charge on any atom is 0.252 e. The van der Waals surface area contributed by atoms with Gasteiger partial charge < -0.3 is 19.7 Å². The van der Waals surface area contributed by atoms with E-state index in [0.717, 1.165) is 25.7 Å². The Morgan fingerprint density at radius 1 is 1.26 bits per heavy atom. The molecule has 19 heavy (non-hydrogen) atoms. The SMILES string of the molecule is COC1(c2noc(COCCN)n2)CCCCCC1.